The normalized spacial score (nSPS) is 11.2. The van der Waals surface area contributed by atoms with Crippen LogP contribution in [-0.4, -0.2) is 46.4 Å². The number of carbonyl (C=O) groups is 1. The van der Waals surface area contributed by atoms with Crippen LogP contribution in [0.3, 0.4) is 0 Å². The summed E-state index contributed by atoms with van der Waals surface area (Å²) in [6.07, 6.45) is 1.35. The van der Waals surface area contributed by atoms with Gasteiger partial charge in [-0.25, -0.2) is 13.8 Å². The van der Waals surface area contributed by atoms with Gasteiger partial charge in [-0.1, -0.05) is 30.3 Å². The van der Waals surface area contributed by atoms with Crippen molar-refractivity contribution in [2.24, 2.45) is 5.10 Å². The minimum Gasteiger partial charge on any atom is -0.504 e. The molecule has 0 aliphatic heterocycles. The van der Waals surface area contributed by atoms with E-state index >= 15 is 0 Å². The van der Waals surface area contributed by atoms with Gasteiger partial charge in [0.2, 0.25) is 0 Å². The van der Waals surface area contributed by atoms with Crippen molar-refractivity contribution in [2.45, 2.75) is 4.90 Å². The third kappa shape index (κ3) is 5.60. The molecule has 0 unspecified atom stereocenters. The van der Waals surface area contributed by atoms with E-state index in [1.54, 1.807) is 48.5 Å². The number of phenols is 1. The van der Waals surface area contributed by atoms with Crippen LogP contribution in [0.1, 0.15) is 5.56 Å². The average molecular weight is 470 g/mol. The van der Waals surface area contributed by atoms with Crippen LogP contribution < -0.4 is 19.2 Å². The lowest BCUT2D eigenvalue weighted by Crippen LogP contribution is -2.39. The molecule has 0 aliphatic rings. The largest absolute Gasteiger partial charge is 0.504 e. The first kappa shape index (κ1) is 23.6. The highest BCUT2D eigenvalue weighted by Crippen LogP contribution is 2.32. The Hall–Kier alpha value is -4.05. The van der Waals surface area contributed by atoms with Gasteiger partial charge in [-0.15, -0.1) is 0 Å². The molecule has 10 heteroatoms. The maximum Gasteiger partial charge on any atom is 0.264 e. The molecule has 9 nitrogen and oxygen atoms in total. The number of aromatic hydroxyl groups is 1. The first-order valence-corrected chi connectivity index (χ1v) is 11.2. The number of sulfonamides is 1. The maximum atomic E-state index is 13.3. The second kappa shape index (κ2) is 10.5. The Bertz CT molecular complexity index is 1250. The van der Waals surface area contributed by atoms with Crippen LogP contribution >= 0.6 is 0 Å². The number of para-hydroxylation sites is 2. The fourth-order valence-electron chi connectivity index (χ4n) is 2.97. The van der Waals surface area contributed by atoms with Crippen LogP contribution in [0.5, 0.6) is 17.2 Å². The van der Waals surface area contributed by atoms with E-state index in [1.165, 1.54) is 44.7 Å². The summed E-state index contributed by atoms with van der Waals surface area (Å²) < 4.78 is 38.0. The van der Waals surface area contributed by atoms with Crippen molar-refractivity contribution in [3.05, 3.63) is 78.4 Å². The number of nitrogens with zero attached hydrogens (tertiary/aromatic N) is 2. The zero-order valence-electron chi connectivity index (χ0n) is 18.0. The number of ether oxygens (including phenoxy) is 2. The first-order valence-electron chi connectivity index (χ1n) is 9.76. The number of phenolic OH excluding ortho intramolecular Hbond substituents is 1. The number of hydrogen-bond donors (Lipinski definition) is 2. The van der Waals surface area contributed by atoms with E-state index in [2.05, 4.69) is 10.5 Å². The zero-order chi connectivity index (χ0) is 23.8. The highest BCUT2D eigenvalue weighted by Gasteiger charge is 2.29. The molecule has 3 rings (SSSR count). The van der Waals surface area contributed by atoms with Gasteiger partial charge >= 0.3 is 0 Å². The van der Waals surface area contributed by atoms with Gasteiger partial charge in [-0.05, 0) is 48.0 Å². The molecule has 0 radical (unpaired) electrons. The Balaban J connectivity index is 1.85. The maximum absolute atomic E-state index is 13.3. The number of anilines is 1. The molecule has 33 heavy (non-hydrogen) atoms. The molecular weight excluding hydrogens is 446 g/mol. The fraction of sp³-hybridized carbons (Fsp3) is 0.130. The predicted molar refractivity (Wildman–Crippen MR) is 124 cm³/mol. The van der Waals surface area contributed by atoms with Crippen molar-refractivity contribution in [3.63, 3.8) is 0 Å². The summed E-state index contributed by atoms with van der Waals surface area (Å²) in [6.45, 7) is -0.534. The molecule has 3 aromatic carbocycles. The van der Waals surface area contributed by atoms with Gasteiger partial charge < -0.3 is 14.6 Å². The molecule has 0 saturated heterocycles. The standard InChI is InChI=1S/C23H23N3O6S/c1-31-21-11-7-6-10-19(21)26(33(29,30)18-8-4-3-5-9-18)16-23(28)25-24-15-17-12-13-20(27)22(14-17)32-2/h3-15,27H,16H2,1-2H3,(H,25,28)/b24-15-. The molecule has 0 atom stereocenters. The number of carbonyl (C=O) groups excluding carboxylic acids is 1. The van der Waals surface area contributed by atoms with E-state index in [-0.39, 0.29) is 22.1 Å². The molecule has 0 aliphatic carbocycles. The zero-order valence-corrected chi connectivity index (χ0v) is 18.8. The van der Waals surface area contributed by atoms with Gasteiger partial charge in [0.25, 0.3) is 15.9 Å². The van der Waals surface area contributed by atoms with Gasteiger partial charge in [-0.3, -0.25) is 9.10 Å². The monoisotopic (exact) mass is 469 g/mol. The van der Waals surface area contributed by atoms with E-state index in [0.717, 1.165) is 4.31 Å². The topological polar surface area (TPSA) is 118 Å². The Kier molecular flexibility index (Phi) is 7.52. The van der Waals surface area contributed by atoms with Crippen molar-refractivity contribution in [2.75, 3.05) is 25.1 Å². The summed E-state index contributed by atoms with van der Waals surface area (Å²) in [4.78, 5) is 12.7. The van der Waals surface area contributed by atoms with Crippen LogP contribution in [-0.2, 0) is 14.8 Å². The lowest BCUT2D eigenvalue weighted by molar-refractivity contribution is -0.119. The molecule has 1 amide bonds. The molecular formula is C23H23N3O6S. The molecule has 0 spiro atoms. The summed E-state index contributed by atoms with van der Waals surface area (Å²) in [5.41, 5.74) is 3.10. The number of hydrogen-bond acceptors (Lipinski definition) is 7. The van der Waals surface area contributed by atoms with Crippen LogP contribution in [0.25, 0.3) is 0 Å². The number of methoxy groups -OCH3 is 2. The minimum absolute atomic E-state index is 0.0303. The van der Waals surface area contributed by atoms with E-state index in [1.807, 2.05) is 0 Å². The smallest absolute Gasteiger partial charge is 0.264 e. The van der Waals surface area contributed by atoms with Crippen molar-refractivity contribution < 1.29 is 27.8 Å². The lowest BCUT2D eigenvalue weighted by atomic mass is 10.2. The Labute approximate surface area is 191 Å². The van der Waals surface area contributed by atoms with Crippen molar-refractivity contribution in [1.29, 1.82) is 0 Å². The number of benzene rings is 3. The van der Waals surface area contributed by atoms with Gasteiger partial charge in [0, 0.05) is 0 Å². The van der Waals surface area contributed by atoms with Crippen molar-refractivity contribution in [1.82, 2.24) is 5.43 Å². The molecule has 0 heterocycles. The van der Waals surface area contributed by atoms with Gasteiger partial charge in [0.15, 0.2) is 11.5 Å². The molecule has 2 N–H and O–H groups in total. The number of amides is 1. The Morgan fingerprint density at radius 3 is 2.36 bits per heavy atom. The van der Waals surface area contributed by atoms with E-state index in [9.17, 15) is 18.3 Å². The molecule has 0 fully saturated rings. The molecule has 0 saturated carbocycles. The lowest BCUT2D eigenvalue weighted by Gasteiger charge is -2.25. The minimum atomic E-state index is -4.08. The second-order valence-corrected chi connectivity index (χ2v) is 8.58. The van der Waals surface area contributed by atoms with Crippen LogP contribution in [0, 0.1) is 0 Å². The van der Waals surface area contributed by atoms with Crippen LogP contribution in [0.4, 0.5) is 5.69 Å². The SMILES string of the molecule is COc1cc(/C=N\NC(=O)CN(c2ccccc2OC)S(=O)(=O)c2ccccc2)ccc1O. The summed E-state index contributed by atoms with van der Waals surface area (Å²) in [6, 6.07) is 18.9. The van der Waals surface area contributed by atoms with Gasteiger partial charge in [0.05, 0.1) is 31.0 Å². The van der Waals surface area contributed by atoms with E-state index in [0.29, 0.717) is 11.3 Å². The number of nitrogens with one attached hydrogen (secondary N) is 1. The van der Waals surface area contributed by atoms with Crippen LogP contribution in [0.2, 0.25) is 0 Å². The summed E-state index contributed by atoms with van der Waals surface area (Å²) in [5.74, 6) is -0.147. The van der Waals surface area contributed by atoms with Crippen molar-refractivity contribution >= 4 is 27.8 Å². The third-order valence-corrected chi connectivity index (χ3v) is 6.35. The van der Waals surface area contributed by atoms with E-state index < -0.39 is 22.5 Å². The van der Waals surface area contributed by atoms with Crippen molar-refractivity contribution in [3.8, 4) is 17.2 Å². The summed E-state index contributed by atoms with van der Waals surface area (Å²) in [7, 11) is -1.24. The predicted octanol–water partition coefficient (Wildman–Crippen LogP) is 2.76. The Morgan fingerprint density at radius 1 is 1.00 bits per heavy atom. The molecule has 172 valence electrons. The summed E-state index contributed by atoms with van der Waals surface area (Å²) >= 11 is 0. The second-order valence-electron chi connectivity index (χ2n) is 6.72. The average Bonchev–Trinajstić information content (AvgIpc) is 2.84. The number of hydrazone groups is 1. The van der Waals surface area contributed by atoms with Gasteiger partial charge in [-0.2, -0.15) is 5.10 Å². The first-order chi connectivity index (χ1) is 15.9. The summed E-state index contributed by atoms with van der Waals surface area (Å²) in [5, 5.41) is 13.5. The number of rotatable bonds is 9. The van der Waals surface area contributed by atoms with Crippen LogP contribution in [0.15, 0.2) is 82.8 Å². The Morgan fingerprint density at radius 2 is 1.67 bits per heavy atom. The molecule has 3 aromatic rings. The highest BCUT2D eigenvalue weighted by molar-refractivity contribution is 7.92. The fourth-order valence-corrected chi connectivity index (χ4v) is 4.43. The van der Waals surface area contributed by atoms with E-state index in [4.69, 9.17) is 9.47 Å². The molecule has 0 aromatic heterocycles. The third-order valence-electron chi connectivity index (χ3n) is 4.58. The quantitative estimate of drug-likeness (QED) is 0.368. The highest BCUT2D eigenvalue weighted by atomic mass is 32.2. The molecule has 0 bridgehead atoms. The van der Waals surface area contributed by atoms with Gasteiger partial charge in [0.1, 0.15) is 12.3 Å².